The van der Waals surface area contributed by atoms with Crippen molar-refractivity contribution in [3.8, 4) is 0 Å². The molecule has 1 heterocycles. The fraction of sp³-hybridized carbons (Fsp3) is 0.667. The van der Waals surface area contributed by atoms with Crippen LogP contribution in [-0.2, 0) is 10.9 Å². The van der Waals surface area contributed by atoms with E-state index in [4.69, 9.17) is 0 Å². The normalized spacial score (nSPS) is 18.4. The van der Waals surface area contributed by atoms with Gasteiger partial charge in [0, 0.05) is 12.6 Å². The molecule has 5 heteroatoms. The van der Waals surface area contributed by atoms with Crippen LogP contribution < -0.4 is 0 Å². The van der Waals surface area contributed by atoms with Gasteiger partial charge in [0.15, 0.2) is 0 Å². The Hall–Kier alpha value is -0.580. The Kier molecular flexibility index (Phi) is 1.48. The summed E-state index contributed by atoms with van der Waals surface area (Å²) >= 11 is 0. The summed E-state index contributed by atoms with van der Waals surface area (Å²) in [5, 5.41) is 3.55. The molecule has 0 N–H and O–H groups in total. The van der Waals surface area contributed by atoms with Crippen LogP contribution in [-0.4, -0.2) is 25.6 Å². The quantitative estimate of drug-likeness (QED) is 0.477. The lowest BCUT2D eigenvalue weighted by Gasteiger charge is -1.99. The molecule has 0 bridgehead atoms. The van der Waals surface area contributed by atoms with Crippen LogP contribution in [0.1, 0.15) is 6.42 Å². The van der Waals surface area contributed by atoms with E-state index in [0.717, 1.165) is 10.8 Å². The van der Waals surface area contributed by atoms with E-state index >= 15 is 0 Å². The molecule has 0 aliphatic carbocycles. The Balaban J connectivity index is 2.61. The third-order valence-corrected chi connectivity index (χ3v) is 1.54. The summed E-state index contributed by atoms with van der Waals surface area (Å²) in [6, 6.07) is 0. The van der Waals surface area contributed by atoms with Crippen molar-refractivity contribution in [2.75, 3.05) is 6.54 Å². The van der Waals surface area contributed by atoms with E-state index in [1.165, 1.54) is 0 Å². The summed E-state index contributed by atoms with van der Waals surface area (Å²) in [6.07, 6.45) is 2.33. The summed E-state index contributed by atoms with van der Waals surface area (Å²) < 4.78 is 21.2. The number of hydrogen-bond acceptors (Lipinski definition) is 3. The molecule has 0 aromatic heterocycles. The standard InChI is InChI=1S/C3H6N2O2S/c6-8(7)5-3-1-2-4-5/h2,8H,1,3H2. The highest BCUT2D eigenvalue weighted by molar-refractivity contribution is 7.69. The van der Waals surface area contributed by atoms with Gasteiger partial charge in [-0.05, 0) is 0 Å². The lowest BCUT2D eigenvalue weighted by Crippen LogP contribution is -2.10. The lowest BCUT2D eigenvalue weighted by molar-refractivity contribution is 0.480. The van der Waals surface area contributed by atoms with E-state index in [-0.39, 0.29) is 0 Å². The lowest BCUT2D eigenvalue weighted by atomic mass is 10.5. The van der Waals surface area contributed by atoms with E-state index in [1.807, 2.05) is 0 Å². The first-order valence-electron chi connectivity index (χ1n) is 2.25. The van der Waals surface area contributed by atoms with Crippen LogP contribution >= 0.6 is 0 Å². The van der Waals surface area contributed by atoms with Gasteiger partial charge >= 0.3 is 0 Å². The van der Waals surface area contributed by atoms with Crippen LogP contribution in [0.2, 0.25) is 0 Å². The summed E-state index contributed by atoms with van der Waals surface area (Å²) in [7, 11) is -2.47. The predicted molar refractivity (Wildman–Crippen MR) is 30.1 cm³/mol. The van der Waals surface area contributed by atoms with Gasteiger partial charge in [-0.1, -0.05) is 0 Å². The molecule has 0 atom stereocenters. The van der Waals surface area contributed by atoms with E-state index in [2.05, 4.69) is 5.10 Å². The molecule has 1 aliphatic heterocycles. The van der Waals surface area contributed by atoms with Crippen molar-refractivity contribution < 1.29 is 8.42 Å². The van der Waals surface area contributed by atoms with Gasteiger partial charge in [-0.3, -0.25) is 0 Å². The molecule has 0 aromatic carbocycles. The number of nitrogens with zero attached hydrogens (tertiary/aromatic N) is 2. The van der Waals surface area contributed by atoms with Crippen LogP contribution in [0.5, 0.6) is 0 Å². The molecule has 8 heavy (non-hydrogen) atoms. The first kappa shape index (κ1) is 5.55. The monoisotopic (exact) mass is 134 g/mol. The van der Waals surface area contributed by atoms with Crippen molar-refractivity contribution in [1.29, 1.82) is 0 Å². The van der Waals surface area contributed by atoms with Crippen molar-refractivity contribution in [1.82, 2.24) is 4.41 Å². The smallest absolute Gasteiger partial charge is 0.208 e. The number of hydrogen-bond donors (Lipinski definition) is 1. The zero-order valence-electron chi connectivity index (χ0n) is 4.15. The third-order valence-electron chi connectivity index (χ3n) is 0.862. The molecule has 0 unspecified atom stereocenters. The van der Waals surface area contributed by atoms with Gasteiger partial charge in [0.05, 0.1) is 6.54 Å². The zero-order chi connectivity index (χ0) is 5.98. The van der Waals surface area contributed by atoms with Gasteiger partial charge in [-0.25, -0.2) is 8.42 Å². The second-order valence-corrected chi connectivity index (χ2v) is 2.36. The molecule has 0 saturated heterocycles. The molecule has 46 valence electrons. The van der Waals surface area contributed by atoms with Gasteiger partial charge in [0.2, 0.25) is 10.9 Å². The van der Waals surface area contributed by atoms with Crippen molar-refractivity contribution >= 4 is 17.1 Å². The van der Waals surface area contributed by atoms with Crippen molar-refractivity contribution in [3.05, 3.63) is 0 Å². The molecule has 0 spiro atoms. The molecule has 0 fully saturated rings. The van der Waals surface area contributed by atoms with Crippen molar-refractivity contribution in [2.45, 2.75) is 6.42 Å². The average Bonchev–Trinajstić information content (AvgIpc) is 2.12. The van der Waals surface area contributed by atoms with E-state index in [0.29, 0.717) is 6.54 Å². The van der Waals surface area contributed by atoms with Crippen LogP contribution in [0.25, 0.3) is 0 Å². The van der Waals surface area contributed by atoms with Crippen molar-refractivity contribution in [2.24, 2.45) is 5.10 Å². The largest absolute Gasteiger partial charge is 0.239 e. The average molecular weight is 134 g/mol. The van der Waals surface area contributed by atoms with Gasteiger partial charge in [-0.15, -0.1) is 0 Å². The Morgan fingerprint density at radius 2 is 2.38 bits per heavy atom. The first-order chi connectivity index (χ1) is 3.80. The highest BCUT2D eigenvalue weighted by Crippen LogP contribution is 1.97. The van der Waals surface area contributed by atoms with E-state index in [1.54, 1.807) is 6.21 Å². The van der Waals surface area contributed by atoms with E-state index < -0.39 is 10.9 Å². The summed E-state index contributed by atoms with van der Waals surface area (Å²) in [5.41, 5.74) is 0. The molecule has 4 nitrogen and oxygen atoms in total. The molecule has 0 amide bonds. The molecule has 1 aliphatic rings. The Bertz CT molecular complexity index is 166. The highest BCUT2D eigenvalue weighted by Gasteiger charge is 2.04. The Morgan fingerprint density at radius 1 is 1.62 bits per heavy atom. The topological polar surface area (TPSA) is 49.7 Å². The molecule has 0 radical (unpaired) electrons. The Morgan fingerprint density at radius 3 is 2.62 bits per heavy atom. The summed E-state index contributed by atoms with van der Waals surface area (Å²) in [6.45, 7) is 0.513. The number of hydrazone groups is 1. The maximum atomic E-state index is 10.1. The van der Waals surface area contributed by atoms with Crippen molar-refractivity contribution in [3.63, 3.8) is 0 Å². The minimum Gasteiger partial charge on any atom is -0.208 e. The van der Waals surface area contributed by atoms with Gasteiger partial charge in [0.25, 0.3) is 0 Å². The van der Waals surface area contributed by atoms with Crippen LogP contribution in [0.4, 0.5) is 0 Å². The molecule has 0 aromatic rings. The Labute approximate surface area is 48.9 Å². The zero-order valence-corrected chi connectivity index (χ0v) is 5.04. The SMILES string of the molecule is O=[SH](=O)N1CCC=N1. The summed E-state index contributed by atoms with van der Waals surface area (Å²) in [4.78, 5) is 0. The van der Waals surface area contributed by atoms with Crippen LogP contribution in [0, 0.1) is 0 Å². The molecule has 1 rings (SSSR count). The maximum absolute atomic E-state index is 10.1. The van der Waals surface area contributed by atoms with Gasteiger partial charge < -0.3 is 0 Å². The molecular weight excluding hydrogens is 128 g/mol. The second-order valence-electron chi connectivity index (χ2n) is 1.42. The van der Waals surface area contributed by atoms with Gasteiger partial charge in [0.1, 0.15) is 0 Å². The minimum atomic E-state index is -2.47. The fourth-order valence-electron chi connectivity index (χ4n) is 0.507. The third kappa shape index (κ3) is 0.975. The maximum Gasteiger partial charge on any atom is 0.239 e. The highest BCUT2D eigenvalue weighted by atomic mass is 32.2. The van der Waals surface area contributed by atoms with Crippen LogP contribution in [0.15, 0.2) is 5.10 Å². The van der Waals surface area contributed by atoms with Gasteiger partial charge in [-0.2, -0.15) is 9.52 Å². The minimum absolute atomic E-state index is 0.513. The molecule has 0 saturated carbocycles. The van der Waals surface area contributed by atoms with Crippen LogP contribution in [0.3, 0.4) is 0 Å². The number of rotatable bonds is 1. The molecular formula is C3H6N2O2S. The fourth-order valence-corrected chi connectivity index (χ4v) is 0.943. The second kappa shape index (κ2) is 2.13. The predicted octanol–water partition coefficient (Wildman–Crippen LogP) is -0.796. The first-order valence-corrected chi connectivity index (χ1v) is 3.38. The van der Waals surface area contributed by atoms with E-state index in [9.17, 15) is 8.42 Å². The number of thiol groups is 1. The summed E-state index contributed by atoms with van der Waals surface area (Å²) in [5.74, 6) is 0.